The normalized spacial score (nSPS) is 11.0. The first kappa shape index (κ1) is 18.7. The molecule has 0 aliphatic carbocycles. The van der Waals surface area contributed by atoms with Crippen molar-refractivity contribution < 1.29 is 13.6 Å². The highest BCUT2D eigenvalue weighted by Gasteiger charge is 2.24. The van der Waals surface area contributed by atoms with Crippen LogP contribution in [0.15, 0.2) is 71.1 Å². The minimum absolute atomic E-state index is 0.292. The number of furan rings is 1. The van der Waals surface area contributed by atoms with E-state index in [9.17, 15) is 9.18 Å². The molecule has 2 aromatic heterocycles. The van der Waals surface area contributed by atoms with Gasteiger partial charge in [-0.2, -0.15) is 5.21 Å². The minimum atomic E-state index is -0.361. The van der Waals surface area contributed by atoms with Crippen molar-refractivity contribution in [1.82, 2.24) is 25.9 Å². The Morgan fingerprint density at radius 1 is 1.00 bits per heavy atom. The van der Waals surface area contributed by atoms with E-state index in [2.05, 4.69) is 25.9 Å². The predicted molar refractivity (Wildman–Crippen MR) is 114 cm³/mol. The van der Waals surface area contributed by atoms with Crippen molar-refractivity contribution in [3.63, 3.8) is 0 Å². The van der Waals surface area contributed by atoms with Crippen LogP contribution in [-0.2, 0) is 0 Å². The first-order valence-electron chi connectivity index (χ1n) is 9.53. The molecule has 2 N–H and O–H groups in total. The Labute approximate surface area is 175 Å². The molecule has 0 fully saturated rings. The number of rotatable bonds is 4. The summed E-state index contributed by atoms with van der Waals surface area (Å²) in [6, 6.07) is 19.1. The molecule has 0 saturated heterocycles. The molecule has 0 aliphatic rings. The molecule has 152 valence electrons. The molecular weight excluding hydrogens is 397 g/mol. The number of carbonyl (C=O) groups is 1. The summed E-state index contributed by atoms with van der Waals surface area (Å²) in [4.78, 5) is 12.9. The first-order valence-corrected chi connectivity index (χ1v) is 9.53. The Morgan fingerprint density at radius 2 is 1.77 bits per heavy atom. The van der Waals surface area contributed by atoms with Gasteiger partial charge in [-0.3, -0.25) is 4.79 Å². The monoisotopic (exact) mass is 413 g/mol. The number of benzene rings is 3. The van der Waals surface area contributed by atoms with E-state index in [1.54, 1.807) is 25.2 Å². The molecule has 0 saturated carbocycles. The predicted octanol–water partition coefficient (Wildman–Crippen LogP) is 4.45. The molecule has 2 heterocycles. The zero-order chi connectivity index (χ0) is 21.4. The Bertz CT molecular complexity index is 1390. The van der Waals surface area contributed by atoms with Gasteiger partial charge in [-0.1, -0.05) is 30.3 Å². The maximum atomic E-state index is 13.4. The number of hydrogen-bond acceptors (Lipinski definition) is 5. The largest absolute Gasteiger partial charge is 0.455 e. The molecule has 31 heavy (non-hydrogen) atoms. The maximum absolute atomic E-state index is 13.4. The molecule has 0 bridgehead atoms. The van der Waals surface area contributed by atoms with Crippen LogP contribution in [0, 0.1) is 5.82 Å². The average molecular weight is 413 g/mol. The quantitative estimate of drug-likeness (QED) is 0.454. The molecular formula is C23H16FN5O2. The van der Waals surface area contributed by atoms with Crippen LogP contribution in [0.1, 0.15) is 10.4 Å². The van der Waals surface area contributed by atoms with Gasteiger partial charge in [-0.05, 0) is 52.7 Å². The third-order valence-electron chi connectivity index (χ3n) is 5.05. The number of aromatic nitrogens is 4. The van der Waals surface area contributed by atoms with Crippen LogP contribution in [-0.4, -0.2) is 33.6 Å². The lowest BCUT2D eigenvalue weighted by Crippen LogP contribution is -2.18. The third kappa shape index (κ3) is 3.24. The molecule has 3 aromatic carbocycles. The second-order valence-electron chi connectivity index (χ2n) is 6.89. The fraction of sp³-hybridized carbons (Fsp3) is 0.0435. The molecule has 0 atom stereocenters. The number of nitrogens with one attached hydrogen (secondary N) is 2. The van der Waals surface area contributed by atoms with Crippen molar-refractivity contribution in [2.24, 2.45) is 0 Å². The molecule has 1 amide bonds. The number of halogens is 1. The van der Waals surface area contributed by atoms with Crippen molar-refractivity contribution in [3.05, 3.63) is 78.1 Å². The van der Waals surface area contributed by atoms with Gasteiger partial charge in [0, 0.05) is 23.6 Å². The van der Waals surface area contributed by atoms with E-state index in [0.29, 0.717) is 33.7 Å². The Kier molecular flexibility index (Phi) is 4.51. The van der Waals surface area contributed by atoms with Crippen LogP contribution in [0.25, 0.3) is 44.8 Å². The summed E-state index contributed by atoms with van der Waals surface area (Å²) in [5.74, 6) is 0.205. The number of amides is 1. The van der Waals surface area contributed by atoms with Gasteiger partial charge in [0.1, 0.15) is 17.2 Å². The average Bonchev–Trinajstić information content (AvgIpc) is 3.47. The van der Waals surface area contributed by atoms with E-state index in [4.69, 9.17) is 4.42 Å². The van der Waals surface area contributed by atoms with E-state index in [-0.39, 0.29) is 11.7 Å². The Hall–Kier alpha value is -4.33. The van der Waals surface area contributed by atoms with Gasteiger partial charge in [-0.15, -0.1) is 10.2 Å². The number of H-pyrrole nitrogens is 1. The highest BCUT2D eigenvalue weighted by molar-refractivity contribution is 6.15. The summed E-state index contributed by atoms with van der Waals surface area (Å²) in [6.07, 6.45) is 0. The summed E-state index contributed by atoms with van der Waals surface area (Å²) in [5, 5.41) is 17.5. The molecule has 0 spiro atoms. The van der Waals surface area contributed by atoms with E-state index in [0.717, 1.165) is 16.7 Å². The fourth-order valence-electron chi connectivity index (χ4n) is 3.65. The van der Waals surface area contributed by atoms with E-state index >= 15 is 0 Å². The van der Waals surface area contributed by atoms with Crippen LogP contribution in [0.2, 0.25) is 0 Å². The summed E-state index contributed by atoms with van der Waals surface area (Å²) < 4.78 is 19.5. The van der Waals surface area contributed by atoms with E-state index < -0.39 is 0 Å². The van der Waals surface area contributed by atoms with Crippen LogP contribution in [0.3, 0.4) is 0 Å². The standard InChI is InChI=1S/C23H16FN5O2/c1-25-23(30)20-19-17(14-4-2-5-15(12-14)22-26-28-29-27-22)6-3-7-18(19)31-21(20)13-8-10-16(24)11-9-13/h2-12H,1H3,(H,25,30)(H,26,27,28,29). The third-order valence-corrected chi connectivity index (χ3v) is 5.05. The van der Waals surface area contributed by atoms with Gasteiger partial charge in [0.05, 0.1) is 5.56 Å². The maximum Gasteiger partial charge on any atom is 0.255 e. The fourth-order valence-corrected chi connectivity index (χ4v) is 3.65. The molecule has 7 nitrogen and oxygen atoms in total. The second kappa shape index (κ2) is 7.49. The van der Waals surface area contributed by atoms with E-state index in [1.165, 1.54) is 12.1 Å². The minimum Gasteiger partial charge on any atom is -0.455 e. The highest BCUT2D eigenvalue weighted by atomic mass is 19.1. The lowest BCUT2D eigenvalue weighted by atomic mass is 9.95. The SMILES string of the molecule is CNC(=O)c1c(-c2ccc(F)cc2)oc2cccc(-c3cccc(-c4nn[nH]n4)c3)c12. The Morgan fingerprint density at radius 3 is 2.52 bits per heavy atom. The molecule has 8 heteroatoms. The summed E-state index contributed by atoms with van der Waals surface area (Å²) in [7, 11) is 1.56. The van der Waals surface area contributed by atoms with Crippen LogP contribution in [0.4, 0.5) is 4.39 Å². The van der Waals surface area contributed by atoms with Crippen LogP contribution >= 0.6 is 0 Å². The van der Waals surface area contributed by atoms with Gasteiger partial charge >= 0.3 is 0 Å². The number of hydrogen-bond donors (Lipinski definition) is 2. The topological polar surface area (TPSA) is 96.7 Å². The molecule has 0 radical (unpaired) electrons. The zero-order valence-electron chi connectivity index (χ0n) is 16.4. The number of nitrogens with zero attached hydrogens (tertiary/aromatic N) is 3. The van der Waals surface area contributed by atoms with Crippen LogP contribution < -0.4 is 5.32 Å². The lowest BCUT2D eigenvalue weighted by molar-refractivity contribution is 0.0964. The summed E-state index contributed by atoms with van der Waals surface area (Å²) in [6.45, 7) is 0. The number of carbonyl (C=O) groups excluding carboxylic acids is 1. The van der Waals surface area contributed by atoms with Gasteiger partial charge < -0.3 is 9.73 Å². The number of fused-ring (bicyclic) bond motifs is 1. The molecule has 0 unspecified atom stereocenters. The van der Waals surface area contributed by atoms with Crippen molar-refractivity contribution in [3.8, 4) is 33.8 Å². The lowest BCUT2D eigenvalue weighted by Gasteiger charge is -2.07. The second-order valence-corrected chi connectivity index (χ2v) is 6.89. The van der Waals surface area contributed by atoms with Gasteiger partial charge in [0.15, 0.2) is 0 Å². The van der Waals surface area contributed by atoms with Crippen molar-refractivity contribution in [2.75, 3.05) is 7.05 Å². The number of tetrazole rings is 1. The highest BCUT2D eigenvalue weighted by Crippen LogP contribution is 2.39. The number of aromatic amines is 1. The van der Waals surface area contributed by atoms with Crippen LogP contribution in [0.5, 0.6) is 0 Å². The molecule has 0 aliphatic heterocycles. The Balaban J connectivity index is 1.76. The summed E-state index contributed by atoms with van der Waals surface area (Å²) >= 11 is 0. The van der Waals surface area contributed by atoms with Crippen molar-refractivity contribution in [1.29, 1.82) is 0 Å². The van der Waals surface area contributed by atoms with Crippen molar-refractivity contribution >= 4 is 16.9 Å². The summed E-state index contributed by atoms with van der Waals surface area (Å²) in [5.41, 5.74) is 4.03. The molecule has 5 rings (SSSR count). The smallest absolute Gasteiger partial charge is 0.255 e. The van der Waals surface area contributed by atoms with E-state index in [1.807, 2.05) is 36.4 Å². The van der Waals surface area contributed by atoms with Crippen molar-refractivity contribution in [2.45, 2.75) is 0 Å². The first-order chi connectivity index (χ1) is 15.2. The van der Waals surface area contributed by atoms with Gasteiger partial charge in [-0.25, -0.2) is 4.39 Å². The molecule has 5 aromatic rings. The van der Waals surface area contributed by atoms with Gasteiger partial charge in [0.25, 0.3) is 5.91 Å². The zero-order valence-corrected chi connectivity index (χ0v) is 16.4. The van der Waals surface area contributed by atoms with Gasteiger partial charge in [0.2, 0.25) is 5.82 Å².